The SMILES string of the molecule is CC(C)(F)C(C)(O)C1CN(C2=NC(c3n[nH]c4ncccc34)=C(F)CC2)CCN1. The normalized spacial score (nSPS) is 23.3. The summed E-state index contributed by atoms with van der Waals surface area (Å²) in [5.41, 5.74) is -2.12. The molecule has 2 aromatic heterocycles. The van der Waals surface area contributed by atoms with Crippen molar-refractivity contribution in [2.24, 2.45) is 4.99 Å². The number of aromatic nitrogens is 3. The van der Waals surface area contributed by atoms with Crippen LogP contribution < -0.4 is 5.32 Å². The second-order valence-corrected chi connectivity index (χ2v) is 8.33. The van der Waals surface area contributed by atoms with Crippen molar-refractivity contribution in [3.05, 3.63) is 29.9 Å². The molecular formula is C20H26F2N6O. The maximum Gasteiger partial charge on any atom is 0.155 e. The number of piperazine rings is 1. The largest absolute Gasteiger partial charge is 0.385 e. The third kappa shape index (κ3) is 3.53. The van der Waals surface area contributed by atoms with Gasteiger partial charge in [-0.25, -0.2) is 18.8 Å². The molecular weight excluding hydrogens is 378 g/mol. The Morgan fingerprint density at radius 2 is 2.07 bits per heavy atom. The van der Waals surface area contributed by atoms with Gasteiger partial charge in [-0.15, -0.1) is 0 Å². The minimum absolute atomic E-state index is 0.207. The molecule has 1 saturated heterocycles. The van der Waals surface area contributed by atoms with Gasteiger partial charge in [-0.1, -0.05) is 0 Å². The Morgan fingerprint density at radius 3 is 2.83 bits per heavy atom. The highest BCUT2D eigenvalue weighted by molar-refractivity contribution is 5.95. The number of fused-ring (bicyclic) bond motifs is 1. The first-order chi connectivity index (χ1) is 13.7. The van der Waals surface area contributed by atoms with Crippen LogP contribution in [0.15, 0.2) is 29.1 Å². The van der Waals surface area contributed by atoms with E-state index in [0.29, 0.717) is 42.8 Å². The molecule has 4 rings (SSSR count). The number of aromatic amines is 1. The Hall–Kier alpha value is -2.39. The average Bonchev–Trinajstić information content (AvgIpc) is 3.11. The van der Waals surface area contributed by atoms with E-state index in [1.165, 1.54) is 20.8 Å². The van der Waals surface area contributed by atoms with Gasteiger partial charge in [-0.05, 0) is 32.9 Å². The van der Waals surface area contributed by atoms with E-state index in [0.717, 1.165) is 5.84 Å². The summed E-state index contributed by atoms with van der Waals surface area (Å²) in [6.07, 6.45) is 2.32. The van der Waals surface area contributed by atoms with E-state index in [9.17, 15) is 13.9 Å². The first kappa shape index (κ1) is 19.9. The lowest BCUT2D eigenvalue weighted by atomic mass is 9.81. The molecule has 0 aliphatic carbocycles. The van der Waals surface area contributed by atoms with Crippen molar-refractivity contribution in [3.63, 3.8) is 0 Å². The number of alkyl halides is 1. The van der Waals surface area contributed by atoms with Gasteiger partial charge in [0.2, 0.25) is 0 Å². The van der Waals surface area contributed by atoms with Crippen molar-refractivity contribution in [1.29, 1.82) is 0 Å². The highest BCUT2D eigenvalue weighted by Crippen LogP contribution is 2.34. The predicted molar refractivity (Wildman–Crippen MR) is 108 cm³/mol. The summed E-state index contributed by atoms with van der Waals surface area (Å²) in [5, 5.41) is 21.7. The monoisotopic (exact) mass is 404 g/mol. The Balaban J connectivity index is 1.63. The lowest BCUT2D eigenvalue weighted by Crippen LogP contribution is -2.66. The molecule has 0 radical (unpaired) electrons. The predicted octanol–water partition coefficient (Wildman–Crippen LogP) is 2.56. The average molecular weight is 404 g/mol. The zero-order chi connectivity index (χ0) is 20.8. The number of hydrogen-bond acceptors (Lipinski definition) is 6. The van der Waals surface area contributed by atoms with Crippen molar-refractivity contribution < 1.29 is 13.9 Å². The van der Waals surface area contributed by atoms with Crippen LogP contribution in [0.3, 0.4) is 0 Å². The van der Waals surface area contributed by atoms with Gasteiger partial charge < -0.3 is 15.3 Å². The Kier molecular flexibility index (Phi) is 4.90. The molecule has 2 aliphatic heterocycles. The molecule has 7 nitrogen and oxygen atoms in total. The summed E-state index contributed by atoms with van der Waals surface area (Å²) in [6, 6.07) is 3.12. The molecule has 3 N–H and O–H groups in total. The number of pyridine rings is 1. The van der Waals surface area contributed by atoms with E-state index in [4.69, 9.17) is 0 Å². The summed E-state index contributed by atoms with van der Waals surface area (Å²) in [7, 11) is 0. The maximum absolute atomic E-state index is 14.7. The zero-order valence-electron chi connectivity index (χ0n) is 16.8. The van der Waals surface area contributed by atoms with Crippen LogP contribution in [0.2, 0.25) is 0 Å². The second-order valence-electron chi connectivity index (χ2n) is 8.33. The van der Waals surface area contributed by atoms with Gasteiger partial charge in [0.1, 0.15) is 34.3 Å². The van der Waals surface area contributed by atoms with Crippen LogP contribution >= 0.6 is 0 Å². The van der Waals surface area contributed by atoms with Crippen molar-refractivity contribution in [1.82, 2.24) is 25.4 Å². The number of nitrogens with one attached hydrogen (secondary N) is 2. The van der Waals surface area contributed by atoms with E-state index >= 15 is 0 Å². The lowest BCUT2D eigenvalue weighted by molar-refractivity contribution is -0.102. The van der Waals surface area contributed by atoms with Crippen LogP contribution in [-0.4, -0.2) is 68.0 Å². The zero-order valence-corrected chi connectivity index (χ0v) is 16.8. The van der Waals surface area contributed by atoms with Crippen molar-refractivity contribution in [2.45, 2.75) is 50.9 Å². The molecule has 156 valence electrons. The van der Waals surface area contributed by atoms with E-state index in [2.05, 4.69) is 25.5 Å². The molecule has 2 aromatic rings. The standard InChI is InChI=1S/C20H26F2N6O/c1-19(2,22)20(3,29)14-11-28(10-9-23-14)15-7-6-13(21)17(25-15)16-12-5-4-8-24-18(12)27-26-16/h4-5,8,14,23,29H,6-7,9-11H2,1-3H3,(H,24,26,27). The lowest BCUT2D eigenvalue weighted by Gasteiger charge is -2.46. The highest BCUT2D eigenvalue weighted by Gasteiger charge is 2.47. The molecule has 4 heterocycles. The van der Waals surface area contributed by atoms with Gasteiger partial charge in [0, 0.05) is 44.1 Å². The van der Waals surface area contributed by atoms with Gasteiger partial charge >= 0.3 is 0 Å². The van der Waals surface area contributed by atoms with Gasteiger partial charge in [0.15, 0.2) is 5.65 Å². The van der Waals surface area contributed by atoms with Gasteiger partial charge in [0.05, 0.1) is 6.04 Å². The maximum atomic E-state index is 14.7. The van der Waals surface area contributed by atoms with Crippen molar-refractivity contribution in [3.8, 4) is 0 Å². The first-order valence-corrected chi connectivity index (χ1v) is 9.84. The second kappa shape index (κ2) is 7.14. The summed E-state index contributed by atoms with van der Waals surface area (Å²) < 4.78 is 29.2. The number of hydrogen-bond donors (Lipinski definition) is 3. The first-order valence-electron chi connectivity index (χ1n) is 9.84. The van der Waals surface area contributed by atoms with Gasteiger partial charge in [-0.2, -0.15) is 5.10 Å². The Bertz CT molecular complexity index is 975. The van der Waals surface area contributed by atoms with Crippen LogP contribution in [0.5, 0.6) is 0 Å². The quantitative estimate of drug-likeness (QED) is 0.732. The minimum Gasteiger partial charge on any atom is -0.385 e. The van der Waals surface area contributed by atoms with Crippen LogP contribution in [0.1, 0.15) is 39.3 Å². The summed E-state index contributed by atoms with van der Waals surface area (Å²) in [4.78, 5) is 10.8. The summed E-state index contributed by atoms with van der Waals surface area (Å²) in [5.74, 6) is 0.412. The molecule has 2 unspecified atom stereocenters. The molecule has 0 bridgehead atoms. The smallest absolute Gasteiger partial charge is 0.155 e. The third-order valence-corrected chi connectivity index (χ3v) is 6.05. The molecule has 0 amide bonds. The summed E-state index contributed by atoms with van der Waals surface area (Å²) >= 11 is 0. The topological polar surface area (TPSA) is 89.4 Å². The number of halogens is 2. The number of aliphatic hydroxyl groups is 1. The van der Waals surface area contributed by atoms with Crippen LogP contribution in [-0.2, 0) is 0 Å². The third-order valence-electron chi connectivity index (χ3n) is 6.05. The highest BCUT2D eigenvalue weighted by atomic mass is 19.1. The van der Waals surface area contributed by atoms with Crippen molar-refractivity contribution in [2.75, 3.05) is 19.6 Å². The number of rotatable bonds is 3. The van der Waals surface area contributed by atoms with Crippen LogP contribution in [0.4, 0.5) is 8.78 Å². The van der Waals surface area contributed by atoms with Gasteiger partial charge in [-0.3, -0.25) is 5.10 Å². The number of aliphatic imine (C=N–C) groups is 1. The Labute approximate surface area is 167 Å². The fourth-order valence-electron chi connectivity index (χ4n) is 3.81. The fourth-order valence-corrected chi connectivity index (χ4v) is 3.81. The molecule has 9 heteroatoms. The van der Waals surface area contributed by atoms with E-state index in [1.807, 2.05) is 11.0 Å². The fraction of sp³-hybridized carbons (Fsp3) is 0.550. The number of nitrogens with zero attached hydrogens (tertiary/aromatic N) is 4. The molecule has 0 spiro atoms. The molecule has 1 fully saturated rings. The van der Waals surface area contributed by atoms with E-state index in [1.54, 1.807) is 12.3 Å². The number of H-pyrrole nitrogens is 1. The van der Waals surface area contributed by atoms with E-state index in [-0.39, 0.29) is 17.9 Å². The molecule has 0 saturated carbocycles. The van der Waals surface area contributed by atoms with Gasteiger partial charge in [0.25, 0.3) is 0 Å². The minimum atomic E-state index is -1.78. The molecule has 0 aromatic carbocycles. The summed E-state index contributed by atoms with van der Waals surface area (Å²) in [6.45, 7) is 5.86. The van der Waals surface area contributed by atoms with Crippen LogP contribution in [0, 0.1) is 0 Å². The van der Waals surface area contributed by atoms with E-state index < -0.39 is 17.3 Å². The molecule has 29 heavy (non-hydrogen) atoms. The number of amidine groups is 1. The Morgan fingerprint density at radius 1 is 1.28 bits per heavy atom. The van der Waals surface area contributed by atoms with Crippen LogP contribution in [0.25, 0.3) is 16.7 Å². The molecule has 2 aliphatic rings. The molecule has 2 atom stereocenters. The van der Waals surface area contributed by atoms with Crippen molar-refractivity contribution >= 4 is 22.6 Å². The number of allylic oxidation sites excluding steroid dienone is 1.